The minimum Gasteiger partial charge on any atom is -0.330 e. The Morgan fingerprint density at radius 2 is 2.11 bits per heavy atom. The Balaban J connectivity index is 2.32. The first kappa shape index (κ1) is 7.42. The van der Waals surface area contributed by atoms with Gasteiger partial charge in [0.2, 0.25) is 0 Å². The molecule has 2 heteroatoms. The van der Waals surface area contributed by atoms with Crippen molar-refractivity contribution >= 4 is 11.8 Å². The lowest BCUT2D eigenvalue weighted by Crippen LogP contribution is -2.21. The zero-order valence-corrected chi connectivity index (χ0v) is 6.79. The molecule has 0 amide bonds. The topological polar surface area (TPSA) is 26.0 Å². The van der Waals surface area contributed by atoms with Crippen LogP contribution in [0, 0.1) is 11.8 Å². The summed E-state index contributed by atoms with van der Waals surface area (Å²) >= 11 is 2.06. The van der Waals surface area contributed by atoms with E-state index >= 15 is 0 Å². The monoisotopic (exact) mass is 145 g/mol. The molecule has 0 radical (unpaired) electrons. The normalized spacial score (nSPS) is 35.3. The highest BCUT2D eigenvalue weighted by atomic mass is 32.2. The van der Waals surface area contributed by atoms with Gasteiger partial charge >= 0.3 is 0 Å². The van der Waals surface area contributed by atoms with Crippen molar-refractivity contribution in [1.29, 1.82) is 0 Å². The highest BCUT2D eigenvalue weighted by molar-refractivity contribution is 7.99. The van der Waals surface area contributed by atoms with Crippen LogP contribution in [-0.4, -0.2) is 18.1 Å². The molecule has 1 aliphatic rings. The molecule has 0 aliphatic carbocycles. The van der Waals surface area contributed by atoms with Gasteiger partial charge in [0.05, 0.1) is 0 Å². The molecule has 2 N–H and O–H groups in total. The molecule has 1 rings (SSSR count). The Morgan fingerprint density at radius 3 is 2.56 bits per heavy atom. The van der Waals surface area contributed by atoms with Gasteiger partial charge < -0.3 is 5.73 Å². The lowest BCUT2D eigenvalue weighted by atomic mass is 9.94. The van der Waals surface area contributed by atoms with Crippen molar-refractivity contribution in [1.82, 2.24) is 0 Å². The average molecular weight is 145 g/mol. The Hall–Kier alpha value is 0.310. The molecule has 0 spiro atoms. The fourth-order valence-electron chi connectivity index (χ4n) is 1.35. The van der Waals surface area contributed by atoms with Crippen LogP contribution in [0.25, 0.3) is 0 Å². The van der Waals surface area contributed by atoms with Crippen molar-refractivity contribution in [3.05, 3.63) is 0 Å². The molecule has 0 aromatic rings. The second-order valence-corrected chi connectivity index (χ2v) is 3.78. The van der Waals surface area contributed by atoms with E-state index in [1.165, 1.54) is 17.9 Å². The summed E-state index contributed by atoms with van der Waals surface area (Å²) in [5.41, 5.74) is 5.59. The van der Waals surface area contributed by atoms with Crippen LogP contribution in [0.15, 0.2) is 0 Å². The first-order chi connectivity index (χ1) is 4.38. The van der Waals surface area contributed by atoms with Crippen LogP contribution >= 0.6 is 11.8 Å². The minimum absolute atomic E-state index is 0.819. The maximum Gasteiger partial charge on any atom is -0.00240 e. The fraction of sp³-hybridized carbons (Fsp3) is 1.00. The molecular weight excluding hydrogens is 130 g/mol. The summed E-state index contributed by atoms with van der Waals surface area (Å²) in [5, 5.41) is 0. The largest absolute Gasteiger partial charge is 0.330 e. The van der Waals surface area contributed by atoms with Crippen LogP contribution < -0.4 is 5.73 Å². The van der Waals surface area contributed by atoms with Gasteiger partial charge in [-0.3, -0.25) is 0 Å². The van der Waals surface area contributed by atoms with Gasteiger partial charge in [-0.25, -0.2) is 0 Å². The molecule has 1 heterocycles. The Bertz CT molecular complexity index is 75.0. The predicted molar refractivity (Wildman–Crippen MR) is 43.7 cm³/mol. The van der Waals surface area contributed by atoms with E-state index in [1.54, 1.807) is 0 Å². The van der Waals surface area contributed by atoms with Crippen LogP contribution in [0.3, 0.4) is 0 Å². The molecule has 0 aromatic heterocycles. The molecule has 9 heavy (non-hydrogen) atoms. The van der Waals surface area contributed by atoms with E-state index in [0.29, 0.717) is 0 Å². The van der Waals surface area contributed by atoms with Gasteiger partial charge in [0.1, 0.15) is 0 Å². The summed E-state index contributed by atoms with van der Waals surface area (Å²) < 4.78 is 0. The molecule has 0 saturated carbocycles. The van der Waals surface area contributed by atoms with E-state index < -0.39 is 0 Å². The lowest BCUT2D eigenvalue weighted by Gasteiger charge is -2.13. The van der Waals surface area contributed by atoms with Crippen molar-refractivity contribution in [2.45, 2.75) is 13.3 Å². The lowest BCUT2D eigenvalue weighted by molar-refractivity contribution is 0.417. The van der Waals surface area contributed by atoms with Crippen LogP contribution in [0.5, 0.6) is 0 Å². The second-order valence-electron chi connectivity index (χ2n) is 2.70. The van der Waals surface area contributed by atoms with Gasteiger partial charge in [0.15, 0.2) is 0 Å². The van der Waals surface area contributed by atoms with E-state index in [9.17, 15) is 0 Å². The Labute approximate surface area is 61.4 Å². The molecule has 1 fully saturated rings. The number of hydrogen-bond donors (Lipinski definition) is 1. The Morgan fingerprint density at radius 1 is 1.44 bits per heavy atom. The van der Waals surface area contributed by atoms with Crippen molar-refractivity contribution < 1.29 is 0 Å². The van der Waals surface area contributed by atoms with Gasteiger partial charge in [0.25, 0.3) is 0 Å². The molecular formula is C7H15NS. The summed E-state index contributed by atoms with van der Waals surface area (Å²) in [6, 6.07) is 0. The van der Waals surface area contributed by atoms with Crippen molar-refractivity contribution in [3.63, 3.8) is 0 Å². The molecule has 54 valence electrons. The highest BCUT2D eigenvalue weighted by Gasteiger charge is 2.24. The maximum absolute atomic E-state index is 5.59. The van der Waals surface area contributed by atoms with E-state index in [-0.39, 0.29) is 0 Å². The Kier molecular flexibility index (Phi) is 2.86. The quantitative estimate of drug-likeness (QED) is 0.634. The van der Waals surface area contributed by atoms with Crippen molar-refractivity contribution in [2.75, 3.05) is 18.1 Å². The van der Waals surface area contributed by atoms with E-state index in [0.717, 1.165) is 18.4 Å². The average Bonchev–Trinajstić information content (AvgIpc) is 2.33. The van der Waals surface area contributed by atoms with Gasteiger partial charge in [-0.05, 0) is 29.9 Å². The number of thioether (sulfide) groups is 1. The fourth-order valence-corrected chi connectivity index (χ4v) is 3.01. The van der Waals surface area contributed by atoms with Crippen LogP contribution in [0.1, 0.15) is 13.3 Å². The highest BCUT2D eigenvalue weighted by Crippen LogP contribution is 2.30. The van der Waals surface area contributed by atoms with Crippen LogP contribution in [-0.2, 0) is 0 Å². The van der Waals surface area contributed by atoms with E-state index in [1.807, 2.05) is 0 Å². The van der Waals surface area contributed by atoms with Gasteiger partial charge in [-0.1, -0.05) is 13.3 Å². The zero-order valence-electron chi connectivity index (χ0n) is 5.97. The van der Waals surface area contributed by atoms with Crippen LogP contribution in [0.4, 0.5) is 0 Å². The molecule has 1 saturated heterocycles. The SMILES string of the molecule is CCC1CSCC1CN. The number of nitrogens with two attached hydrogens (primary N) is 1. The second kappa shape index (κ2) is 3.47. The van der Waals surface area contributed by atoms with Crippen molar-refractivity contribution in [3.8, 4) is 0 Å². The first-order valence-electron chi connectivity index (χ1n) is 3.66. The minimum atomic E-state index is 0.819. The van der Waals surface area contributed by atoms with Gasteiger partial charge in [0, 0.05) is 0 Å². The summed E-state index contributed by atoms with van der Waals surface area (Å²) in [4.78, 5) is 0. The smallest absolute Gasteiger partial charge is 0.00240 e. The zero-order chi connectivity index (χ0) is 6.69. The van der Waals surface area contributed by atoms with Crippen molar-refractivity contribution in [2.24, 2.45) is 17.6 Å². The summed E-state index contributed by atoms with van der Waals surface area (Å²) in [7, 11) is 0. The third kappa shape index (κ3) is 1.62. The van der Waals surface area contributed by atoms with E-state index in [2.05, 4.69) is 18.7 Å². The summed E-state index contributed by atoms with van der Waals surface area (Å²) in [5.74, 6) is 4.38. The third-order valence-electron chi connectivity index (χ3n) is 2.16. The summed E-state index contributed by atoms with van der Waals surface area (Å²) in [6.07, 6.45) is 1.31. The molecule has 0 aromatic carbocycles. The predicted octanol–water partition coefficient (Wildman–Crippen LogP) is 1.33. The maximum atomic E-state index is 5.59. The van der Waals surface area contributed by atoms with Gasteiger partial charge in [-0.15, -0.1) is 0 Å². The van der Waals surface area contributed by atoms with Crippen LogP contribution in [0.2, 0.25) is 0 Å². The molecule has 2 atom stereocenters. The molecule has 0 bridgehead atoms. The molecule has 1 aliphatic heterocycles. The van der Waals surface area contributed by atoms with E-state index in [4.69, 9.17) is 5.73 Å². The third-order valence-corrected chi connectivity index (χ3v) is 3.49. The first-order valence-corrected chi connectivity index (χ1v) is 4.81. The van der Waals surface area contributed by atoms with Gasteiger partial charge in [-0.2, -0.15) is 11.8 Å². The molecule has 2 unspecified atom stereocenters. The standard InChI is InChI=1S/C7H15NS/c1-2-6-4-9-5-7(6)3-8/h6-7H,2-5,8H2,1H3. The summed E-state index contributed by atoms with van der Waals surface area (Å²) in [6.45, 7) is 3.16. The molecule has 1 nitrogen and oxygen atoms in total. The number of rotatable bonds is 2. The number of hydrogen-bond acceptors (Lipinski definition) is 2.